The van der Waals surface area contributed by atoms with Crippen LogP contribution < -0.4 is 10.1 Å². The molecule has 156 valence electrons. The first-order valence-electron chi connectivity index (χ1n) is 10.2. The zero-order valence-electron chi connectivity index (χ0n) is 17.5. The average Bonchev–Trinajstić information content (AvgIpc) is 3.03. The van der Waals surface area contributed by atoms with Gasteiger partial charge in [0.25, 0.3) is 0 Å². The Balaban J connectivity index is 1.39. The fourth-order valence-corrected chi connectivity index (χ4v) is 3.47. The molecule has 0 atom stereocenters. The molecule has 0 aliphatic carbocycles. The van der Waals surface area contributed by atoms with E-state index in [9.17, 15) is 4.79 Å². The summed E-state index contributed by atoms with van der Waals surface area (Å²) in [6, 6.07) is 11.9. The Morgan fingerprint density at radius 2 is 2.10 bits per heavy atom. The van der Waals surface area contributed by atoms with Gasteiger partial charge in [0.1, 0.15) is 11.3 Å². The van der Waals surface area contributed by atoms with E-state index in [1.165, 1.54) is 0 Å². The molecule has 3 aromatic rings. The molecule has 0 aliphatic heterocycles. The van der Waals surface area contributed by atoms with Crippen molar-refractivity contribution < 1.29 is 9.53 Å². The molecule has 0 saturated carbocycles. The number of nitriles is 1. The molecule has 1 amide bonds. The van der Waals surface area contributed by atoms with E-state index in [1.54, 1.807) is 6.20 Å². The van der Waals surface area contributed by atoms with Crippen molar-refractivity contribution in [3.05, 3.63) is 53.5 Å². The van der Waals surface area contributed by atoms with Gasteiger partial charge in [-0.2, -0.15) is 10.4 Å². The van der Waals surface area contributed by atoms with Gasteiger partial charge in [0.2, 0.25) is 5.91 Å². The van der Waals surface area contributed by atoms with E-state index in [1.807, 2.05) is 48.9 Å². The van der Waals surface area contributed by atoms with Gasteiger partial charge < -0.3 is 10.1 Å². The predicted octanol–water partition coefficient (Wildman–Crippen LogP) is 3.48. The normalized spacial score (nSPS) is 10.7. The molecule has 0 saturated heterocycles. The molecular formula is C23H27N5O2. The van der Waals surface area contributed by atoms with Crippen molar-refractivity contribution in [2.75, 3.05) is 13.2 Å². The Morgan fingerprint density at radius 3 is 2.93 bits per heavy atom. The third kappa shape index (κ3) is 5.35. The van der Waals surface area contributed by atoms with Crippen LogP contribution in [0.25, 0.3) is 10.9 Å². The van der Waals surface area contributed by atoms with Gasteiger partial charge in [-0.1, -0.05) is 18.2 Å². The molecule has 7 heteroatoms. The molecule has 7 nitrogen and oxygen atoms in total. The summed E-state index contributed by atoms with van der Waals surface area (Å²) in [7, 11) is 0. The van der Waals surface area contributed by atoms with Gasteiger partial charge in [0.15, 0.2) is 0 Å². The lowest BCUT2D eigenvalue weighted by molar-refractivity contribution is -0.121. The smallest absolute Gasteiger partial charge is 0.220 e. The molecule has 30 heavy (non-hydrogen) atoms. The van der Waals surface area contributed by atoms with Crippen LogP contribution in [0.3, 0.4) is 0 Å². The van der Waals surface area contributed by atoms with Crippen molar-refractivity contribution >= 4 is 16.8 Å². The number of nitrogens with zero attached hydrogens (tertiary/aromatic N) is 4. The second-order valence-corrected chi connectivity index (χ2v) is 7.16. The van der Waals surface area contributed by atoms with Crippen LogP contribution in [0.15, 0.2) is 36.5 Å². The highest BCUT2D eigenvalue weighted by Crippen LogP contribution is 2.22. The van der Waals surface area contributed by atoms with Crippen molar-refractivity contribution in [2.24, 2.45) is 0 Å². The number of aryl methyl sites for hydroxylation is 2. The summed E-state index contributed by atoms with van der Waals surface area (Å²) in [5, 5.41) is 17.2. The van der Waals surface area contributed by atoms with Gasteiger partial charge in [-0.15, -0.1) is 0 Å². The van der Waals surface area contributed by atoms with Gasteiger partial charge in [-0.25, -0.2) is 0 Å². The number of hydrogen-bond acceptors (Lipinski definition) is 5. The average molecular weight is 406 g/mol. The Hall–Kier alpha value is -3.40. The number of para-hydroxylation sites is 1. The highest BCUT2D eigenvalue weighted by atomic mass is 16.5. The molecule has 0 radical (unpaired) electrons. The Morgan fingerprint density at radius 1 is 1.27 bits per heavy atom. The van der Waals surface area contributed by atoms with Gasteiger partial charge in [-0.05, 0) is 44.4 Å². The van der Waals surface area contributed by atoms with E-state index in [4.69, 9.17) is 10.00 Å². The van der Waals surface area contributed by atoms with Gasteiger partial charge in [0, 0.05) is 30.2 Å². The number of carbonyl (C=O) groups is 1. The van der Waals surface area contributed by atoms with Crippen LogP contribution in [0.5, 0.6) is 5.75 Å². The number of ether oxygens (including phenoxy) is 1. The molecule has 0 fully saturated rings. The number of nitrogens with one attached hydrogen (secondary N) is 1. The van der Waals surface area contributed by atoms with Crippen LogP contribution in [-0.2, 0) is 17.8 Å². The molecular weight excluding hydrogens is 378 g/mol. The van der Waals surface area contributed by atoms with Crippen molar-refractivity contribution in [1.82, 2.24) is 20.1 Å². The SMILES string of the molecule is Cc1nn(CCC#N)c(C)c1CCC(=O)NCCCOc1cccc2cccnc12. The second-order valence-electron chi connectivity index (χ2n) is 7.16. The topological polar surface area (TPSA) is 92.8 Å². The van der Waals surface area contributed by atoms with E-state index in [-0.39, 0.29) is 5.91 Å². The monoisotopic (exact) mass is 405 g/mol. The minimum Gasteiger partial charge on any atom is -0.491 e. The maximum Gasteiger partial charge on any atom is 0.220 e. The lowest BCUT2D eigenvalue weighted by Crippen LogP contribution is -2.25. The van der Waals surface area contributed by atoms with Crippen molar-refractivity contribution in [2.45, 2.75) is 46.1 Å². The first-order valence-corrected chi connectivity index (χ1v) is 10.2. The standard InChI is InChI=1S/C23H27N5O2/c1-17-20(18(2)28(27-17)15-5-12-24)10-11-22(29)25-14-6-16-30-21-9-3-7-19-8-4-13-26-23(19)21/h3-4,7-9,13H,5-6,10-11,14-16H2,1-2H3,(H,25,29). The van der Waals surface area contributed by atoms with Crippen LogP contribution in [0.1, 0.15) is 36.2 Å². The number of fused-ring (bicyclic) bond motifs is 1. The Labute approximate surface area is 176 Å². The number of carbonyl (C=O) groups excluding carboxylic acids is 1. The summed E-state index contributed by atoms with van der Waals surface area (Å²) < 4.78 is 7.70. The lowest BCUT2D eigenvalue weighted by Gasteiger charge is -2.09. The molecule has 0 spiro atoms. The molecule has 1 N–H and O–H groups in total. The molecule has 2 aromatic heterocycles. The zero-order chi connectivity index (χ0) is 21.3. The van der Waals surface area contributed by atoms with Crippen LogP contribution in [0.4, 0.5) is 0 Å². The third-order valence-corrected chi connectivity index (χ3v) is 5.07. The molecule has 1 aromatic carbocycles. The predicted molar refractivity (Wildman–Crippen MR) is 115 cm³/mol. The molecule has 2 heterocycles. The van der Waals surface area contributed by atoms with Gasteiger partial charge in [0.05, 0.1) is 31.3 Å². The summed E-state index contributed by atoms with van der Waals surface area (Å²) in [5.74, 6) is 0.782. The lowest BCUT2D eigenvalue weighted by atomic mass is 10.1. The molecule has 0 aliphatic rings. The summed E-state index contributed by atoms with van der Waals surface area (Å²) in [6.07, 6.45) is 3.97. The highest BCUT2D eigenvalue weighted by molar-refractivity contribution is 5.84. The highest BCUT2D eigenvalue weighted by Gasteiger charge is 2.13. The molecule has 0 bridgehead atoms. The number of amides is 1. The van der Waals surface area contributed by atoms with Gasteiger partial charge in [-0.3, -0.25) is 14.5 Å². The van der Waals surface area contributed by atoms with Crippen LogP contribution >= 0.6 is 0 Å². The Bertz CT molecular complexity index is 1050. The summed E-state index contributed by atoms with van der Waals surface area (Å²) >= 11 is 0. The minimum absolute atomic E-state index is 0.0189. The fraction of sp³-hybridized carbons (Fsp3) is 0.391. The fourth-order valence-electron chi connectivity index (χ4n) is 3.47. The van der Waals surface area contributed by atoms with Crippen LogP contribution in [0.2, 0.25) is 0 Å². The third-order valence-electron chi connectivity index (χ3n) is 5.07. The number of aromatic nitrogens is 3. The van der Waals surface area contributed by atoms with E-state index in [0.717, 1.165) is 40.0 Å². The van der Waals surface area contributed by atoms with E-state index in [0.29, 0.717) is 39.0 Å². The second kappa shape index (κ2) is 10.4. The van der Waals surface area contributed by atoms with Gasteiger partial charge >= 0.3 is 0 Å². The van der Waals surface area contributed by atoms with Crippen molar-refractivity contribution in [1.29, 1.82) is 5.26 Å². The quantitative estimate of drug-likeness (QED) is 0.521. The largest absolute Gasteiger partial charge is 0.491 e. The van der Waals surface area contributed by atoms with Crippen LogP contribution in [-0.4, -0.2) is 33.8 Å². The maximum absolute atomic E-state index is 12.2. The van der Waals surface area contributed by atoms with Crippen LogP contribution in [0, 0.1) is 25.2 Å². The molecule has 0 unspecified atom stereocenters. The maximum atomic E-state index is 12.2. The summed E-state index contributed by atoms with van der Waals surface area (Å²) in [6.45, 7) is 5.60. The summed E-state index contributed by atoms with van der Waals surface area (Å²) in [5.41, 5.74) is 3.91. The first kappa shape index (κ1) is 21.3. The van der Waals surface area contributed by atoms with E-state index < -0.39 is 0 Å². The number of rotatable bonds is 10. The zero-order valence-corrected chi connectivity index (χ0v) is 17.5. The Kier molecular flexibility index (Phi) is 7.39. The van der Waals surface area contributed by atoms with Crippen molar-refractivity contribution in [3.63, 3.8) is 0 Å². The number of pyridine rings is 1. The first-order chi connectivity index (χ1) is 14.6. The van der Waals surface area contributed by atoms with E-state index >= 15 is 0 Å². The number of hydrogen-bond donors (Lipinski definition) is 1. The van der Waals surface area contributed by atoms with Crippen molar-refractivity contribution in [3.8, 4) is 11.8 Å². The minimum atomic E-state index is 0.0189. The summed E-state index contributed by atoms with van der Waals surface area (Å²) in [4.78, 5) is 16.6. The van der Waals surface area contributed by atoms with E-state index in [2.05, 4.69) is 21.5 Å². The molecule has 3 rings (SSSR count). The number of benzene rings is 1.